The molecular weight excluding hydrogens is 458 g/mol. The van der Waals surface area contributed by atoms with Crippen LogP contribution in [0.5, 0.6) is 0 Å². The van der Waals surface area contributed by atoms with E-state index in [0.29, 0.717) is 33.4 Å². The number of anilines is 2. The molecule has 0 unspecified atom stereocenters. The molecule has 1 N–H and O–H groups in total. The molecule has 0 saturated heterocycles. The minimum Gasteiger partial charge on any atom is -0.477 e. The predicted molar refractivity (Wildman–Crippen MR) is 127 cm³/mol. The van der Waals surface area contributed by atoms with Crippen LogP contribution in [0.2, 0.25) is 5.02 Å². The van der Waals surface area contributed by atoms with E-state index in [4.69, 9.17) is 26.0 Å². The Morgan fingerprint density at radius 3 is 2.50 bits per heavy atom. The minimum atomic E-state index is -1.10. The van der Waals surface area contributed by atoms with Gasteiger partial charge in [0, 0.05) is 17.3 Å². The summed E-state index contributed by atoms with van der Waals surface area (Å²) < 4.78 is 11.0. The highest BCUT2D eigenvalue weighted by atomic mass is 35.5. The fourth-order valence-electron chi connectivity index (χ4n) is 3.48. The average Bonchev–Trinajstić information content (AvgIpc) is 3.22. The lowest BCUT2D eigenvalue weighted by molar-refractivity contribution is 0.0690. The van der Waals surface area contributed by atoms with Crippen molar-refractivity contribution in [2.24, 2.45) is 0 Å². The van der Waals surface area contributed by atoms with E-state index in [-0.39, 0.29) is 12.3 Å². The summed E-state index contributed by atoms with van der Waals surface area (Å²) in [4.78, 5) is 29.5. The molecular formula is C25H20ClN3O5. The van der Waals surface area contributed by atoms with Gasteiger partial charge in [-0.3, -0.25) is 0 Å². The molecule has 34 heavy (non-hydrogen) atoms. The third-order valence-electron chi connectivity index (χ3n) is 5.04. The quantitative estimate of drug-likeness (QED) is 0.344. The van der Waals surface area contributed by atoms with Crippen LogP contribution in [0.15, 0.2) is 71.4 Å². The number of amides is 1. The molecule has 8 nitrogen and oxygen atoms in total. The topological polar surface area (TPSA) is 106 Å². The molecule has 0 aliphatic rings. The van der Waals surface area contributed by atoms with Crippen molar-refractivity contribution in [3.63, 3.8) is 0 Å². The van der Waals surface area contributed by atoms with Gasteiger partial charge < -0.3 is 14.4 Å². The molecule has 172 valence electrons. The second-order valence-electron chi connectivity index (χ2n) is 7.25. The molecule has 2 aromatic heterocycles. The Balaban J connectivity index is 1.82. The van der Waals surface area contributed by atoms with Crippen LogP contribution in [0.25, 0.3) is 22.5 Å². The van der Waals surface area contributed by atoms with Crippen molar-refractivity contribution in [1.82, 2.24) is 10.1 Å². The number of carbonyl (C=O) groups is 2. The number of benzene rings is 2. The summed E-state index contributed by atoms with van der Waals surface area (Å²) in [6, 6.07) is 17.4. The zero-order valence-electron chi connectivity index (χ0n) is 18.4. The lowest BCUT2D eigenvalue weighted by Crippen LogP contribution is -2.27. The largest absolute Gasteiger partial charge is 0.477 e. The number of aromatic carboxylic acids is 1. The van der Waals surface area contributed by atoms with E-state index < -0.39 is 12.1 Å². The van der Waals surface area contributed by atoms with E-state index in [9.17, 15) is 9.59 Å². The third kappa shape index (κ3) is 4.49. The number of nitrogens with zero attached hydrogens (tertiary/aromatic N) is 3. The molecule has 2 heterocycles. The van der Waals surface area contributed by atoms with Crippen LogP contribution in [-0.2, 0) is 4.74 Å². The molecule has 0 spiro atoms. The van der Waals surface area contributed by atoms with E-state index in [1.54, 1.807) is 44.2 Å². The van der Waals surface area contributed by atoms with Gasteiger partial charge in [-0.2, -0.15) is 0 Å². The number of carbonyl (C=O) groups excluding carboxylic acids is 1. The van der Waals surface area contributed by atoms with Crippen LogP contribution in [0, 0.1) is 6.92 Å². The van der Waals surface area contributed by atoms with E-state index in [1.807, 2.05) is 24.3 Å². The number of aryl methyl sites for hydroxylation is 1. The van der Waals surface area contributed by atoms with Gasteiger partial charge in [0.15, 0.2) is 5.76 Å². The van der Waals surface area contributed by atoms with Gasteiger partial charge in [0.2, 0.25) is 0 Å². The molecule has 0 aliphatic heterocycles. The molecule has 0 fully saturated rings. The van der Waals surface area contributed by atoms with Gasteiger partial charge in [0.05, 0.1) is 17.3 Å². The van der Waals surface area contributed by atoms with E-state index in [0.717, 1.165) is 11.1 Å². The number of carboxylic acids is 1. The molecule has 1 amide bonds. The second kappa shape index (κ2) is 9.76. The molecule has 0 atom stereocenters. The van der Waals surface area contributed by atoms with Gasteiger partial charge in [-0.1, -0.05) is 53.2 Å². The average molecular weight is 478 g/mol. The van der Waals surface area contributed by atoms with Crippen molar-refractivity contribution in [1.29, 1.82) is 0 Å². The SMILES string of the molecule is CCOC(=O)N(c1ccccc1Cl)c1c(C)noc1-c1cccc(-c2ccc(C(=O)O)nc2)c1. The highest BCUT2D eigenvalue weighted by molar-refractivity contribution is 6.34. The lowest BCUT2D eigenvalue weighted by atomic mass is 10.0. The number of pyridine rings is 1. The molecule has 0 saturated carbocycles. The van der Waals surface area contributed by atoms with Crippen LogP contribution < -0.4 is 4.90 Å². The maximum absolute atomic E-state index is 13.0. The number of halogens is 1. The Morgan fingerprint density at radius 2 is 1.82 bits per heavy atom. The molecule has 0 radical (unpaired) electrons. The van der Waals surface area contributed by atoms with Crippen molar-refractivity contribution < 1.29 is 24.0 Å². The Morgan fingerprint density at radius 1 is 1.06 bits per heavy atom. The summed E-state index contributed by atoms with van der Waals surface area (Å²) in [6.45, 7) is 3.62. The Kier molecular flexibility index (Phi) is 6.60. The van der Waals surface area contributed by atoms with Crippen LogP contribution in [0.4, 0.5) is 16.2 Å². The minimum absolute atomic E-state index is 0.0436. The summed E-state index contributed by atoms with van der Waals surface area (Å²) in [5, 5.41) is 13.5. The number of ether oxygens (including phenoxy) is 1. The standard InChI is InChI=1S/C25H20ClN3O5/c1-3-33-25(32)29(21-10-5-4-9-19(21)26)22-15(2)28-34-23(22)17-8-6-7-16(13-17)18-11-12-20(24(30)31)27-14-18/h4-14H,3H2,1-2H3,(H,30,31). The molecule has 2 aromatic carbocycles. The maximum atomic E-state index is 13.0. The number of para-hydroxylation sites is 1. The fraction of sp³-hybridized carbons (Fsp3) is 0.120. The molecule has 0 bridgehead atoms. The van der Waals surface area contributed by atoms with Crippen molar-refractivity contribution in [2.45, 2.75) is 13.8 Å². The van der Waals surface area contributed by atoms with Gasteiger partial charge in [0.25, 0.3) is 0 Å². The Bertz CT molecular complexity index is 1350. The summed E-state index contributed by atoms with van der Waals surface area (Å²) in [5.74, 6) is -0.747. The van der Waals surface area contributed by atoms with Gasteiger partial charge in [0.1, 0.15) is 17.1 Å². The van der Waals surface area contributed by atoms with Crippen molar-refractivity contribution >= 4 is 35.0 Å². The van der Waals surface area contributed by atoms with E-state index >= 15 is 0 Å². The monoisotopic (exact) mass is 477 g/mol. The van der Waals surface area contributed by atoms with Gasteiger partial charge >= 0.3 is 12.1 Å². The van der Waals surface area contributed by atoms with Crippen LogP contribution in [-0.4, -0.2) is 33.9 Å². The number of hydrogen-bond acceptors (Lipinski definition) is 6. The van der Waals surface area contributed by atoms with Crippen LogP contribution >= 0.6 is 11.6 Å². The summed E-state index contributed by atoms with van der Waals surface area (Å²) in [7, 11) is 0. The third-order valence-corrected chi connectivity index (χ3v) is 5.36. The summed E-state index contributed by atoms with van der Waals surface area (Å²) in [6.07, 6.45) is 0.872. The zero-order valence-corrected chi connectivity index (χ0v) is 19.1. The second-order valence-corrected chi connectivity index (χ2v) is 7.66. The fourth-order valence-corrected chi connectivity index (χ4v) is 3.70. The molecule has 0 aliphatic carbocycles. The number of aromatic nitrogens is 2. The van der Waals surface area contributed by atoms with Crippen molar-refractivity contribution in [3.05, 3.63) is 83.3 Å². The highest BCUT2D eigenvalue weighted by Crippen LogP contribution is 2.41. The van der Waals surface area contributed by atoms with Crippen LogP contribution in [0.3, 0.4) is 0 Å². The van der Waals surface area contributed by atoms with Gasteiger partial charge in [-0.05, 0) is 43.7 Å². The Labute approximate surface area is 200 Å². The first-order chi connectivity index (χ1) is 16.4. The van der Waals surface area contributed by atoms with E-state index in [2.05, 4.69) is 10.1 Å². The first-order valence-corrected chi connectivity index (χ1v) is 10.8. The van der Waals surface area contributed by atoms with Crippen molar-refractivity contribution in [3.8, 4) is 22.5 Å². The normalized spacial score (nSPS) is 10.7. The smallest absolute Gasteiger partial charge is 0.419 e. The van der Waals surface area contributed by atoms with Gasteiger partial charge in [-0.25, -0.2) is 19.5 Å². The highest BCUT2D eigenvalue weighted by Gasteiger charge is 2.30. The first-order valence-electron chi connectivity index (χ1n) is 10.4. The molecule has 9 heteroatoms. The molecule has 4 rings (SSSR count). The number of hydrogen-bond donors (Lipinski definition) is 1. The van der Waals surface area contributed by atoms with Crippen LogP contribution in [0.1, 0.15) is 23.1 Å². The first kappa shape index (κ1) is 23.0. The van der Waals surface area contributed by atoms with Gasteiger partial charge in [-0.15, -0.1) is 0 Å². The summed E-state index contributed by atoms with van der Waals surface area (Å²) in [5.41, 5.74) is 3.42. The maximum Gasteiger partial charge on any atom is 0.419 e. The lowest BCUT2D eigenvalue weighted by Gasteiger charge is -2.23. The molecule has 4 aromatic rings. The summed E-state index contributed by atoms with van der Waals surface area (Å²) >= 11 is 6.42. The van der Waals surface area contributed by atoms with Crippen molar-refractivity contribution in [2.75, 3.05) is 11.5 Å². The number of carboxylic acid groups (broad SMARTS) is 1. The van der Waals surface area contributed by atoms with E-state index in [1.165, 1.54) is 17.2 Å². The zero-order chi connectivity index (χ0) is 24.2. The Hall–Kier alpha value is -4.17. The number of rotatable bonds is 6. The predicted octanol–water partition coefficient (Wildman–Crippen LogP) is 6.36.